The fourth-order valence-corrected chi connectivity index (χ4v) is 3.50. The zero-order valence-corrected chi connectivity index (χ0v) is 16.5. The molecule has 1 fully saturated rings. The third-order valence-corrected chi connectivity index (χ3v) is 5.07. The molecule has 1 aliphatic carbocycles. The maximum absolute atomic E-state index is 5.42. The molecule has 0 N–H and O–H groups in total. The normalized spacial score (nSPS) is 20.8. The number of ether oxygens (including phenoxy) is 2. The first-order valence-electron chi connectivity index (χ1n) is 8.28. The highest BCUT2D eigenvalue weighted by Crippen LogP contribution is 2.53. The molecule has 2 rings (SSSR count). The molecule has 3 heteroatoms. The molecule has 0 unspecified atom stereocenters. The van der Waals surface area contributed by atoms with Gasteiger partial charge in [-0.1, -0.05) is 40.8 Å². The number of hydrogen-bond acceptors (Lipinski definition) is 2. The van der Waals surface area contributed by atoms with E-state index in [0.717, 1.165) is 25.0 Å². The van der Waals surface area contributed by atoms with Crippen molar-refractivity contribution in [2.45, 2.75) is 38.5 Å². The molecule has 0 bridgehead atoms. The highest BCUT2D eigenvalue weighted by atomic mass is 127. The highest BCUT2D eigenvalue weighted by Gasteiger charge is 2.40. The Morgan fingerprint density at radius 2 is 2.04 bits per heavy atom. The zero-order valence-electron chi connectivity index (χ0n) is 14.3. The van der Waals surface area contributed by atoms with E-state index in [1.165, 1.54) is 27.5 Å². The van der Waals surface area contributed by atoms with Gasteiger partial charge in [0.15, 0.2) is 0 Å². The molecule has 1 aromatic carbocycles. The standard InChI is InChI=1S/C20H27IO2/c1-15(14-22-2)19-13-20(19)18-10-9-17(23-3)12-16(18)8-6-4-5-7-11-21/h4-5,9-10,12,14,19-20H,6-8,11,13H2,1-3H3/b5-4-,15-14-/t19-,20-/m1/s1. The van der Waals surface area contributed by atoms with E-state index in [-0.39, 0.29) is 0 Å². The SMILES string of the molecule is CO/C=C(/C)[C@H]1C[C@@H]1c1ccc(OC)cc1CC/C=C\CCI. The number of hydrogen-bond donors (Lipinski definition) is 0. The molecule has 0 amide bonds. The van der Waals surface area contributed by atoms with Crippen molar-refractivity contribution in [1.82, 2.24) is 0 Å². The van der Waals surface area contributed by atoms with Crippen molar-refractivity contribution in [3.8, 4) is 5.75 Å². The molecule has 126 valence electrons. The lowest BCUT2D eigenvalue weighted by atomic mass is 9.96. The Morgan fingerprint density at radius 3 is 2.74 bits per heavy atom. The van der Waals surface area contributed by atoms with Gasteiger partial charge in [0.2, 0.25) is 0 Å². The van der Waals surface area contributed by atoms with Gasteiger partial charge in [-0.2, -0.15) is 0 Å². The Balaban J connectivity index is 2.08. The Bertz CT molecular complexity index is 563. The summed E-state index contributed by atoms with van der Waals surface area (Å²) in [4.78, 5) is 0. The quantitative estimate of drug-likeness (QED) is 0.220. The first-order chi connectivity index (χ1) is 11.2. The van der Waals surface area contributed by atoms with Gasteiger partial charge >= 0.3 is 0 Å². The van der Waals surface area contributed by atoms with Crippen LogP contribution in [0.5, 0.6) is 5.75 Å². The second-order valence-corrected chi connectivity index (χ2v) is 7.18. The number of rotatable bonds is 9. The lowest BCUT2D eigenvalue weighted by molar-refractivity contribution is 0.332. The predicted octanol–water partition coefficient (Wildman–Crippen LogP) is 5.66. The second-order valence-electron chi connectivity index (χ2n) is 6.10. The van der Waals surface area contributed by atoms with Crippen LogP contribution in [0.1, 0.15) is 43.2 Å². The Morgan fingerprint density at radius 1 is 1.26 bits per heavy atom. The average Bonchev–Trinajstić information content (AvgIpc) is 3.35. The maximum Gasteiger partial charge on any atom is 0.119 e. The average molecular weight is 426 g/mol. The molecule has 0 aromatic heterocycles. The van der Waals surface area contributed by atoms with E-state index < -0.39 is 0 Å². The van der Waals surface area contributed by atoms with Crippen LogP contribution in [0.3, 0.4) is 0 Å². The van der Waals surface area contributed by atoms with Gasteiger partial charge in [0.25, 0.3) is 0 Å². The molecule has 2 nitrogen and oxygen atoms in total. The van der Waals surface area contributed by atoms with Gasteiger partial charge in [0.1, 0.15) is 5.75 Å². The van der Waals surface area contributed by atoms with Crippen molar-refractivity contribution in [1.29, 1.82) is 0 Å². The number of halogens is 1. The number of alkyl halides is 1. The summed E-state index contributed by atoms with van der Waals surface area (Å²) in [7, 11) is 3.46. The van der Waals surface area contributed by atoms with Gasteiger partial charge in [0, 0.05) is 4.43 Å². The summed E-state index contributed by atoms with van der Waals surface area (Å²) in [5.74, 6) is 2.23. The monoisotopic (exact) mass is 426 g/mol. The second kappa shape index (κ2) is 9.36. The van der Waals surface area contributed by atoms with E-state index in [1.807, 2.05) is 6.26 Å². The molecule has 0 aliphatic heterocycles. The molecule has 0 saturated heterocycles. The summed E-state index contributed by atoms with van der Waals surface area (Å²) in [5, 5.41) is 0. The van der Waals surface area contributed by atoms with E-state index in [0.29, 0.717) is 11.8 Å². The van der Waals surface area contributed by atoms with Crippen molar-refractivity contribution >= 4 is 22.6 Å². The first-order valence-corrected chi connectivity index (χ1v) is 9.81. The van der Waals surface area contributed by atoms with Crippen LogP contribution in [0.15, 0.2) is 42.2 Å². The van der Waals surface area contributed by atoms with Crippen molar-refractivity contribution in [2.75, 3.05) is 18.6 Å². The van der Waals surface area contributed by atoms with E-state index in [4.69, 9.17) is 9.47 Å². The van der Waals surface area contributed by atoms with Gasteiger partial charge in [-0.3, -0.25) is 0 Å². The van der Waals surface area contributed by atoms with E-state index >= 15 is 0 Å². The third kappa shape index (κ3) is 5.27. The lowest BCUT2D eigenvalue weighted by Gasteiger charge is -2.11. The lowest BCUT2D eigenvalue weighted by Crippen LogP contribution is -1.96. The molecule has 2 atom stereocenters. The summed E-state index contributed by atoms with van der Waals surface area (Å²) in [6, 6.07) is 6.56. The molecular formula is C20H27IO2. The van der Waals surface area contributed by atoms with E-state index in [9.17, 15) is 0 Å². The fourth-order valence-electron chi connectivity index (χ4n) is 3.14. The summed E-state index contributed by atoms with van der Waals surface area (Å²) in [6.45, 7) is 2.17. The minimum Gasteiger partial charge on any atom is -0.504 e. The molecule has 1 aliphatic rings. The summed E-state index contributed by atoms with van der Waals surface area (Å²) >= 11 is 2.41. The number of benzene rings is 1. The molecule has 1 aromatic rings. The zero-order chi connectivity index (χ0) is 16.7. The van der Waals surface area contributed by atoms with Crippen LogP contribution < -0.4 is 4.74 Å². The highest BCUT2D eigenvalue weighted by molar-refractivity contribution is 14.1. The van der Waals surface area contributed by atoms with Crippen LogP contribution in [-0.2, 0) is 11.2 Å². The smallest absolute Gasteiger partial charge is 0.119 e. The molecular weight excluding hydrogens is 399 g/mol. The largest absolute Gasteiger partial charge is 0.504 e. The van der Waals surface area contributed by atoms with Crippen LogP contribution >= 0.6 is 22.6 Å². The maximum atomic E-state index is 5.42. The molecule has 0 radical (unpaired) electrons. The van der Waals surface area contributed by atoms with Gasteiger partial charge < -0.3 is 9.47 Å². The molecule has 0 spiro atoms. The van der Waals surface area contributed by atoms with Gasteiger partial charge in [-0.05, 0) is 73.3 Å². The predicted molar refractivity (Wildman–Crippen MR) is 106 cm³/mol. The Hall–Kier alpha value is -0.970. The van der Waals surface area contributed by atoms with Crippen molar-refractivity contribution in [2.24, 2.45) is 5.92 Å². The van der Waals surface area contributed by atoms with Crippen molar-refractivity contribution in [3.05, 3.63) is 53.3 Å². The van der Waals surface area contributed by atoms with Crippen LogP contribution in [0.4, 0.5) is 0 Å². The van der Waals surface area contributed by atoms with Crippen LogP contribution in [0.25, 0.3) is 0 Å². The minimum absolute atomic E-state index is 0.636. The number of aryl methyl sites for hydroxylation is 1. The van der Waals surface area contributed by atoms with Crippen LogP contribution in [0.2, 0.25) is 0 Å². The summed E-state index contributed by atoms with van der Waals surface area (Å²) in [5.41, 5.74) is 4.27. The minimum atomic E-state index is 0.636. The molecule has 23 heavy (non-hydrogen) atoms. The topological polar surface area (TPSA) is 18.5 Å². The van der Waals surface area contributed by atoms with Crippen LogP contribution in [0, 0.1) is 5.92 Å². The number of allylic oxidation sites excluding steroid dienone is 3. The molecule has 1 saturated carbocycles. The van der Waals surface area contributed by atoms with Crippen LogP contribution in [-0.4, -0.2) is 18.6 Å². The Kier molecular flexibility index (Phi) is 7.47. The van der Waals surface area contributed by atoms with Crippen molar-refractivity contribution in [3.63, 3.8) is 0 Å². The summed E-state index contributed by atoms with van der Waals surface area (Å²) < 4.78 is 11.8. The number of methoxy groups -OCH3 is 2. The van der Waals surface area contributed by atoms with Gasteiger partial charge in [0.05, 0.1) is 20.5 Å². The fraction of sp³-hybridized carbons (Fsp3) is 0.500. The first kappa shape index (κ1) is 18.4. The Labute approximate surface area is 154 Å². The van der Waals surface area contributed by atoms with Gasteiger partial charge in [-0.15, -0.1) is 0 Å². The van der Waals surface area contributed by atoms with Crippen molar-refractivity contribution < 1.29 is 9.47 Å². The van der Waals surface area contributed by atoms with E-state index in [1.54, 1.807) is 14.2 Å². The third-order valence-electron chi connectivity index (χ3n) is 4.45. The van der Waals surface area contributed by atoms with E-state index in [2.05, 4.69) is 59.9 Å². The molecule has 0 heterocycles. The summed E-state index contributed by atoms with van der Waals surface area (Å²) in [6.07, 6.45) is 11.1. The van der Waals surface area contributed by atoms with Gasteiger partial charge in [-0.25, -0.2) is 0 Å².